The summed E-state index contributed by atoms with van der Waals surface area (Å²) in [5.74, 6) is 0. The zero-order valence-electron chi connectivity index (χ0n) is 11.0. The molecule has 1 saturated heterocycles. The molecule has 1 aliphatic heterocycles. The van der Waals surface area contributed by atoms with Crippen LogP contribution in [0.5, 0.6) is 0 Å². The van der Waals surface area contributed by atoms with E-state index in [0.29, 0.717) is 25.4 Å². The van der Waals surface area contributed by atoms with Crippen LogP contribution in [0, 0.1) is 10.1 Å². The largest absolute Gasteiger partial charge is 0.394 e. The van der Waals surface area contributed by atoms with E-state index >= 15 is 0 Å². The van der Waals surface area contributed by atoms with Crippen molar-refractivity contribution >= 4 is 27.3 Å². The molecule has 1 fully saturated rings. The summed E-state index contributed by atoms with van der Waals surface area (Å²) < 4.78 is 6.33. The molecule has 1 N–H and O–H groups in total. The number of halogens is 1. The van der Waals surface area contributed by atoms with Crippen LogP contribution in [0.4, 0.5) is 11.4 Å². The fraction of sp³-hybridized carbons (Fsp3) is 0.538. The minimum atomic E-state index is -0.351. The van der Waals surface area contributed by atoms with Crippen LogP contribution in [-0.2, 0) is 4.74 Å². The fourth-order valence-electron chi connectivity index (χ4n) is 2.39. The van der Waals surface area contributed by atoms with Crippen LogP contribution in [0.15, 0.2) is 22.7 Å². The number of aliphatic hydroxyl groups is 1. The highest BCUT2D eigenvalue weighted by Crippen LogP contribution is 2.33. The lowest BCUT2D eigenvalue weighted by Gasteiger charge is -2.33. The van der Waals surface area contributed by atoms with Gasteiger partial charge >= 0.3 is 0 Å². The zero-order chi connectivity index (χ0) is 14.5. The molecule has 0 unspecified atom stereocenters. The third-order valence-electron chi connectivity index (χ3n) is 3.36. The zero-order valence-corrected chi connectivity index (χ0v) is 12.6. The average molecular weight is 345 g/mol. The van der Waals surface area contributed by atoms with Gasteiger partial charge in [-0.05, 0) is 25.0 Å². The van der Waals surface area contributed by atoms with Crippen molar-refractivity contribution in [3.8, 4) is 0 Å². The Morgan fingerprint density at radius 3 is 2.75 bits per heavy atom. The number of benzene rings is 1. The quantitative estimate of drug-likeness (QED) is 0.655. The van der Waals surface area contributed by atoms with Crippen molar-refractivity contribution in [3.63, 3.8) is 0 Å². The molecule has 0 radical (unpaired) electrons. The number of rotatable bonds is 5. The molecule has 0 amide bonds. The lowest BCUT2D eigenvalue weighted by Crippen LogP contribution is -2.37. The van der Waals surface area contributed by atoms with E-state index in [2.05, 4.69) is 15.9 Å². The van der Waals surface area contributed by atoms with Crippen molar-refractivity contribution < 1.29 is 14.8 Å². The molecule has 0 saturated carbocycles. The SMILES string of the molecule is O=[N+]([O-])c1ccc(Br)cc1N1CCC(OCCO)CC1. The van der Waals surface area contributed by atoms with Gasteiger partial charge in [0.05, 0.1) is 24.2 Å². The Labute approximate surface area is 125 Å². The van der Waals surface area contributed by atoms with E-state index in [1.54, 1.807) is 12.1 Å². The van der Waals surface area contributed by atoms with Crippen LogP contribution in [0.3, 0.4) is 0 Å². The van der Waals surface area contributed by atoms with Crippen molar-refractivity contribution in [2.24, 2.45) is 0 Å². The summed E-state index contributed by atoms with van der Waals surface area (Å²) >= 11 is 3.36. The first-order valence-electron chi connectivity index (χ1n) is 6.53. The van der Waals surface area contributed by atoms with E-state index in [4.69, 9.17) is 9.84 Å². The summed E-state index contributed by atoms with van der Waals surface area (Å²) in [6.45, 7) is 1.81. The van der Waals surface area contributed by atoms with Crippen molar-refractivity contribution in [1.29, 1.82) is 0 Å². The number of ether oxygens (including phenoxy) is 1. The highest BCUT2D eigenvalue weighted by atomic mass is 79.9. The van der Waals surface area contributed by atoms with Gasteiger partial charge in [0.25, 0.3) is 5.69 Å². The maximum atomic E-state index is 11.1. The number of aliphatic hydroxyl groups excluding tert-OH is 1. The number of hydrogen-bond donors (Lipinski definition) is 1. The summed E-state index contributed by atoms with van der Waals surface area (Å²) in [5.41, 5.74) is 0.771. The first-order valence-corrected chi connectivity index (χ1v) is 7.32. The van der Waals surface area contributed by atoms with Gasteiger partial charge in [-0.15, -0.1) is 0 Å². The smallest absolute Gasteiger partial charge is 0.292 e. The van der Waals surface area contributed by atoms with Crippen molar-refractivity contribution in [3.05, 3.63) is 32.8 Å². The fourth-order valence-corrected chi connectivity index (χ4v) is 2.74. The van der Waals surface area contributed by atoms with E-state index < -0.39 is 0 Å². The van der Waals surface area contributed by atoms with Gasteiger partial charge in [0.15, 0.2) is 0 Å². The van der Waals surface area contributed by atoms with Crippen LogP contribution in [0.1, 0.15) is 12.8 Å². The van der Waals surface area contributed by atoms with Crippen LogP contribution in [-0.4, -0.2) is 42.4 Å². The lowest BCUT2D eigenvalue weighted by molar-refractivity contribution is -0.384. The Morgan fingerprint density at radius 1 is 1.45 bits per heavy atom. The second-order valence-corrected chi connectivity index (χ2v) is 5.59. The van der Waals surface area contributed by atoms with Crippen molar-refractivity contribution in [1.82, 2.24) is 0 Å². The Bertz CT molecular complexity index is 475. The molecule has 2 rings (SSSR count). The maximum absolute atomic E-state index is 11.1. The second-order valence-electron chi connectivity index (χ2n) is 4.67. The molecule has 0 aromatic heterocycles. The van der Waals surface area contributed by atoms with E-state index in [1.807, 2.05) is 4.90 Å². The van der Waals surface area contributed by atoms with Gasteiger partial charge in [-0.1, -0.05) is 15.9 Å². The van der Waals surface area contributed by atoms with E-state index in [-0.39, 0.29) is 23.3 Å². The average Bonchev–Trinajstić information content (AvgIpc) is 2.45. The second kappa shape index (κ2) is 7.01. The van der Waals surface area contributed by atoms with Crippen LogP contribution >= 0.6 is 15.9 Å². The predicted octanol–water partition coefficient (Wildman–Crippen LogP) is 2.34. The van der Waals surface area contributed by atoms with E-state index in [9.17, 15) is 10.1 Å². The van der Waals surface area contributed by atoms with Gasteiger partial charge < -0.3 is 14.7 Å². The molecule has 0 spiro atoms. The maximum Gasteiger partial charge on any atom is 0.292 e. The van der Waals surface area contributed by atoms with Gasteiger partial charge in [0, 0.05) is 23.6 Å². The molecule has 1 heterocycles. The molecule has 1 aromatic rings. The highest BCUT2D eigenvalue weighted by Gasteiger charge is 2.25. The highest BCUT2D eigenvalue weighted by molar-refractivity contribution is 9.10. The summed E-state index contributed by atoms with van der Waals surface area (Å²) in [7, 11) is 0. The molecular formula is C13H17BrN2O4. The van der Waals surface area contributed by atoms with Crippen LogP contribution < -0.4 is 4.90 Å². The van der Waals surface area contributed by atoms with Gasteiger partial charge in [-0.25, -0.2) is 0 Å². The Hall–Kier alpha value is -1.18. The molecule has 6 nitrogen and oxygen atoms in total. The first kappa shape index (κ1) is 15.2. The van der Waals surface area contributed by atoms with Gasteiger partial charge in [-0.2, -0.15) is 0 Å². The Morgan fingerprint density at radius 2 is 2.15 bits per heavy atom. The van der Waals surface area contributed by atoms with Crippen molar-refractivity contribution in [2.45, 2.75) is 18.9 Å². The third-order valence-corrected chi connectivity index (χ3v) is 3.85. The van der Waals surface area contributed by atoms with Crippen LogP contribution in [0.2, 0.25) is 0 Å². The first-order chi connectivity index (χ1) is 9.61. The number of nitrogens with zero attached hydrogens (tertiary/aromatic N) is 2. The Balaban J connectivity index is 2.06. The summed E-state index contributed by atoms with van der Waals surface area (Å²) in [4.78, 5) is 12.8. The minimum absolute atomic E-state index is 0.0251. The molecule has 0 atom stereocenters. The number of piperidine rings is 1. The van der Waals surface area contributed by atoms with E-state index in [0.717, 1.165) is 17.3 Å². The number of nitro benzene ring substituents is 1. The number of nitro groups is 1. The molecule has 20 heavy (non-hydrogen) atoms. The van der Waals surface area contributed by atoms with Gasteiger partial charge in [0.2, 0.25) is 0 Å². The summed E-state index contributed by atoms with van der Waals surface area (Å²) in [5, 5.41) is 19.8. The standard InChI is InChI=1S/C13H17BrN2O4/c14-10-1-2-12(16(18)19)13(9-10)15-5-3-11(4-6-15)20-8-7-17/h1-2,9,11,17H,3-8H2. The number of anilines is 1. The monoisotopic (exact) mass is 344 g/mol. The van der Waals surface area contributed by atoms with Crippen molar-refractivity contribution in [2.75, 3.05) is 31.2 Å². The van der Waals surface area contributed by atoms with E-state index in [1.165, 1.54) is 6.07 Å². The molecule has 110 valence electrons. The molecule has 7 heteroatoms. The molecule has 1 aromatic carbocycles. The number of hydrogen-bond acceptors (Lipinski definition) is 5. The van der Waals surface area contributed by atoms with Gasteiger partial charge in [0.1, 0.15) is 5.69 Å². The summed E-state index contributed by atoms with van der Waals surface area (Å²) in [6, 6.07) is 4.99. The predicted molar refractivity (Wildman–Crippen MR) is 79.1 cm³/mol. The minimum Gasteiger partial charge on any atom is -0.394 e. The Kier molecular flexibility index (Phi) is 5.33. The topological polar surface area (TPSA) is 75.8 Å². The normalized spacial score (nSPS) is 16.4. The molecular weight excluding hydrogens is 328 g/mol. The third kappa shape index (κ3) is 3.68. The lowest BCUT2D eigenvalue weighted by atomic mass is 10.1. The molecule has 1 aliphatic rings. The van der Waals surface area contributed by atoms with Gasteiger partial charge in [-0.3, -0.25) is 10.1 Å². The summed E-state index contributed by atoms with van der Waals surface area (Å²) in [6.07, 6.45) is 1.75. The van der Waals surface area contributed by atoms with Crippen LogP contribution in [0.25, 0.3) is 0 Å². The molecule has 0 aliphatic carbocycles. The molecule has 0 bridgehead atoms.